The highest BCUT2D eigenvalue weighted by Gasteiger charge is 2.25. The summed E-state index contributed by atoms with van der Waals surface area (Å²) >= 11 is 0. The molecule has 0 aromatic heterocycles. The van der Waals surface area contributed by atoms with Crippen LogP contribution in [-0.2, 0) is 9.53 Å². The van der Waals surface area contributed by atoms with Gasteiger partial charge in [0.1, 0.15) is 6.61 Å². The molecule has 0 bridgehead atoms. The summed E-state index contributed by atoms with van der Waals surface area (Å²) in [6, 6.07) is -0.0980. The van der Waals surface area contributed by atoms with Crippen LogP contribution in [0.2, 0.25) is 0 Å². The zero-order valence-corrected chi connectivity index (χ0v) is 9.02. The molecule has 1 fully saturated rings. The van der Waals surface area contributed by atoms with E-state index in [0.717, 1.165) is 0 Å². The van der Waals surface area contributed by atoms with Crippen LogP contribution in [0.25, 0.3) is 0 Å². The maximum Gasteiger partial charge on any atom is 0.407 e. The van der Waals surface area contributed by atoms with E-state index >= 15 is 0 Å². The number of hydrogen-bond donors (Lipinski definition) is 3. The largest absolute Gasteiger partial charge is 0.465 e. The lowest BCUT2D eigenvalue weighted by Gasteiger charge is -2.33. The first kappa shape index (κ1) is 12.7. The average Bonchev–Trinajstić information content (AvgIpc) is 2.24. The normalized spacial score (nSPS) is 20.8. The number of carboxylic acid groups (broad SMARTS) is 1. The molecule has 0 spiro atoms. The van der Waals surface area contributed by atoms with E-state index in [1.807, 2.05) is 0 Å². The van der Waals surface area contributed by atoms with E-state index in [9.17, 15) is 9.59 Å². The number of piperazine rings is 1. The van der Waals surface area contributed by atoms with Gasteiger partial charge in [0.15, 0.2) is 0 Å². The van der Waals surface area contributed by atoms with Gasteiger partial charge in [-0.15, -0.1) is 0 Å². The van der Waals surface area contributed by atoms with Crippen LogP contribution in [0.3, 0.4) is 0 Å². The zero-order chi connectivity index (χ0) is 12.0. The summed E-state index contributed by atoms with van der Waals surface area (Å²) in [6.45, 7) is 1.99. The van der Waals surface area contributed by atoms with E-state index in [1.54, 1.807) is 0 Å². The molecule has 16 heavy (non-hydrogen) atoms. The van der Waals surface area contributed by atoms with Crippen molar-refractivity contribution in [2.45, 2.75) is 12.5 Å². The number of hydrogen-bond acceptors (Lipinski definition) is 4. The van der Waals surface area contributed by atoms with Crippen molar-refractivity contribution in [3.8, 4) is 0 Å². The fourth-order valence-electron chi connectivity index (χ4n) is 1.66. The lowest BCUT2D eigenvalue weighted by Crippen LogP contribution is -2.53. The number of rotatable bonds is 5. The van der Waals surface area contributed by atoms with E-state index in [-0.39, 0.29) is 12.6 Å². The van der Waals surface area contributed by atoms with Crippen LogP contribution < -0.4 is 11.1 Å². The molecule has 1 rings (SSSR count). The molecule has 0 aromatic carbocycles. The molecule has 0 saturated carbocycles. The topological polar surface area (TPSA) is 105 Å². The van der Waals surface area contributed by atoms with Crippen LogP contribution in [0.5, 0.6) is 0 Å². The van der Waals surface area contributed by atoms with Crippen molar-refractivity contribution < 1.29 is 19.4 Å². The molecule has 0 aromatic rings. The van der Waals surface area contributed by atoms with Gasteiger partial charge >= 0.3 is 6.09 Å². The maximum atomic E-state index is 10.9. The highest BCUT2D eigenvalue weighted by Crippen LogP contribution is 2.07. The second-order valence-electron chi connectivity index (χ2n) is 3.64. The van der Waals surface area contributed by atoms with Crippen molar-refractivity contribution in [1.29, 1.82) is 0 Å². The molecule has 1 aliphatic heterocycles. The average molecular weight is 231 g/mol. The van der Waals surface area contributed by atoms with E-state index in [0.29, 0.717) is 32.7 Å². The predicted molar refractivity (Wildman–Crippen MR) is 56.0 cm³/mol. The minimum absolute atomic E-state index is 0.0980. The van der Waals surface area contributed by atoms with Crippen LogP contribution in [0.4, 0.5) is 4.79 Å². The van der Waals surface area contributed by atoms with Crippen molar-refractivity contribution in [3.63, 3.8) is 0 Å². The van der Waals surface area contributed by atoms with Crippen LogP contribution >= 0.6 is 0 Å². The molecule has 92 valence electrons. The van der Waals surface area contributed by atoms with Crippen molar-refractivity contribution in [1.82, 2.24) is 10.2 Å². The molecule has 1 saturated heterocycles. The van der Waals surface area contributed by atoms with E-state index in [4.69, 9.17) is 15.6 Å². The third kappa shape index (κ3) is 4.03. The van der Waals surface area contributed by atoms with Gasteiger partial charge in [-0.05, 0) is 6.42 Å². The predicted octanol–water partition coefficient (Wildman–Crippen LogP) is -1.17. The molecule has 2 amide bonds. The zero-order valence-electron chi connectivity index (χ0n) is 9.02. The van der Waals surface area contributed by atoms with Gasteiger partial charge in [0.25, 0.3) is 0 Å². The Balaban J connectivity index is 2.27. The van der Waals surface area contributed by atoms with Crippen LogP contribution in [0.1, 0.15) is 6.42 Å². The fourth-order valence-corrected chi connectivity index (χ4v) is 1.66. The number of nitrogens with two attached hydrogens (primary N) is 1. The summed E-state index contributed by atoms with van der Waals surface area (Å²) in [5.41, 5.74) is 4.91. The van der Waals surface area contributed by atoms with Crippen LogP contribution in [0.15, 0.2) is 0 Å². The summed E-state index contributed by atoms with van der Waals surface area (Å²) in [5, 5.41) is 12.1. The Bertz CT molecular complexity index is 259. The molecule has 1 heterocycles. The highest BCUT2D eigenvalue weighted by atomic mass is 16.5. The van der Waals surface area contributed by atoms with Gasteiger partial charge in [0, 0.05) is 32.3 Å². The first-order valence-corrected chi connectivity index (χ1v) is 5.17. The standard InChI is InChI=1S/C9H17N3O4/c10-8(13)6-16-4-1-7-5-11-2-3-12(7)9(14)15/h7,11H,1-6H2,(H2,10,13)(H,14,15). The summed E-state index contributed by atoms with van der Waals surface area (Å²) in [4.78, 5) is 22.7. The number of amides is 2. The molecule has 1 atom stereocenters. The summed E-state index contributed by atoms with van der Waals surface area (Å²) in [7, 11) is 0. The molecule has 0 aliphatic carbocycles. The van der Waals surface area contributed by atoms with E-state index in [2.05, 4.69) is 5.32 Å². The van der Waals surface area contributed by atoms with Gasteiger partial charge in [-0.2, -0.15) is 0 Å². The maximum absolute atomic E-state index is 10.9. The quantitative estimate of drug-likeness (QED) is 0.517. The Kier molecular flexibility index (Phi) is 5.00. The molecule has 7 heteroatoms. The monoisotopic (exact) mass is 231 g/mol. The van der Waals surface area contributed by atoms with Crippen LogP contribution in [0, 0.1) is 0 Å². The molecular weight excluding hydrogens is 214 g/mol. The van der Waals surface area contributed by atoms with Crippen molar-refractivity contribution in [3.05, 3.63) is 0 Å². The lowest BCUT2D eigenvalue weighted by atomic mass is 10.1. The Hall–Kier alpha value is -1.34. The smallest absolute Gasteiger partial charge is 0.407 e. The van der Waals surface area contributed by atoms with Crippen molar-refractivity contribution in [2.75, 3.05) is 32.8 Å². The second-order valence-corrected chi connectivity index (χ2v) is 3.64. The Labute approximate surface area is 93.5 Å². The minimum Gasteiger partial charge on any atom is -0.465 e. The summed E-state index contributed by atoms with van der Waals surface area (Å²) in [5.74, 6) is -0.517. The third-order valence-corrected chi connectivity index (χ3v) is 2.44. The molecule has 4 N–H and O–H groups in total. The highest BCUT2D eigenvalue weighted by molar-refractivity contribution is 5.74. The SMILES string of the molecule is NC(=O)COCCC1CNCCN1C(=O)O. The minimum atomic E-state index is -0.915. The summed E-state index contributed by atoms with van der Waals surface area (Å²) in [6.07, 6.45) is -0.353. The van der Waals surface area contributed by atoms with Gasteiger partial charge in [-0.1, -0.05) is 0 Å². The number of carbonyl (C=O) groups is 2. The Morgan fingerprint density at radius 3 is 2.94 bits per heavy atom. The van der Waals surface area contributed by atoms with Gasteiger partial charge < -0.3 is 25.8 Å². The first-order chi connectivity index (χ1) is 7.61. The lowest BCUT2D eigenvalue weighted by molar-refractivity contribution is -0.122. The molecule has 0 radical (unpaired) electrons. The van der Waals surface area contributed by atoms with E-state index < -0.39 is 12.0 Å². The summed E-state index contributed by atoms with van der Waals surface area (Å²) < 4.78 is 5.00. The van der Waals surface area contributed by atoms with Gasteiger partial charge in [0.2, 0.25) is 5.91 Å². The fraction of sp³-hybridized carbons (Fsp3) is 0.778. The van der Waals surface area contributed by atoms with Crippen molar-refractivity contribution >= 4 is 12.0 Å². The van der Waals surface area contributed by atoms with Crippen molar-refractivity contribution in [2.24, 2.45) is 5.73 Å². The third-order valence-electron chi connectivity index (χ3n) is 2.44. The second kappa shape index (κ2) is 6.29. The first-order valence-electron chi connectivity index (χ1n) is 5.17. The van der Waals surface area contributed by atoms with E-state index in [1.165, 1.54) is 4.90 Å². The number of nitrogens with one attached hydrogen (secondary N) is 1. The number of ether oxygens (including phenoxy) is 1. The Morgan fingerprint density at radius 2 is 2.31 bits per heavy atom. The molecular formula is C9H17N3O4. The number of nitrogens with zero attached hydrogens (tertiary/aromatic N) is 1. The van der Waals surface area contributed by atoms with Gasteiger partial charge in [-0.25, -0.2) is 4.79 Å². The molecule has 1 unspecified atom stereocenters. The van der Waals surface area contributed by atoms with Gasteiger partial charge in [-0.3, -0.25) is 4.79 Å². The molecule has 1 aliphatic rings. The van der Waals surface area contributed by atoms with Crippen LogP contribution in [-0.4, -0.2) is 60.9 Å². The Morgan fingerprint density at radius 1 is 1.56 bits per heavy atom. The van der Waals surface area contributed by atoms with Gasteiger partial charge in [0.05, 0.1) is 0 Å². The number of primary amides is 1. The number of carbonyl (C=O) groups excluding carboxylic acids is 1. The molecule has 7 nitrogen and oxygen atoms in total.